The molecule has 0 fully saturated rings. The SMILES string of the molecule is COc1ccc2nc(-c3ccc(Br)c(C)c3)[nH]c2c1. The number of aryl methyl sites for hydroxylation is 1. The molecule has 0 spiro atoms. The molecule has 0 unspecified atom stereocenters. The van der Waals surface area contributed by atoms with Crippen molar-refractivity contribution in [1.29, 1.82) is 0 Å². The van der Waals surface area contributed by atoms with Crippen molar-refractivity contribution in [2.45, 2.75) is 6.92 Å². The minimum absolute atomic E-state index is 0.828. The lowest BCUT2D eigenvalue weighted by Gasteiger charge is -2.00. The fourth-order valence-electron chi connectivity index (χ4n) is 2.04. The zero-order chi connectivity index (χ0) is 13.4. The van der Waals surface area contributed by atoms with E-state index in [0.29, 0.717) is 0 Å². The first-order valence-corrected chi connectivity index (χ1v) is 6.77. The zero-order valence-electron chi connectivity index (χ0n) is 10.7. The molecule has 0 aliphatic rings. The summed E-state index contributed by atoms with van der Waals surface area (Å²) in [5, 5.41) is 0. The largest absolute Gasteiger partial charge is 0.497 e. The van der Waals surface area contributed by atoms with Crippen LogP contribution in [-0.2, 0) is 0 Å². The van der Waals surface area contributed by atoms with Crippen LogP contribution in [0.15, 0.2) is 40.9 Å². The summed E-state index contributed by atoms with van der Waals surface area (Å²) in [5.41, 5.74) is 4.19. The summed E-state index contributed by atoms with van der Waals surface area (Å²) in [6.45, 7) is 2.07. The fraction of sp³-hybridized carbons (Fsp3) is 0.133. The summed E-state index contributed by atoms with van der Waals surface area (Å²) >= 11 is 3.51. The van der Waals surface area contributed by atoms with Gasteiger partial charge in [0.25, 0.3) is 0 Å². The van der Waals surface area contributed by atoms with Crippen molar-refractivity contribution in [2.24, 2.45) is 0 Å². The van der Waals surface area contributed by atoms with Gasteiger partial charge in [0, 0.05) is 16.1 Å². The number of methoxy groups -OCH3 is 1. The molecule has 3 rings (SSSR count). The minimum Gasteiger partial charge on any atom is -0.497 e. The molecule has 2 aromatic carbocycles. The topological polar surface area (TPSA) is 37.9 Å². The van der Waals surface area contributed by atoms with Crippen molar-refractivity contribution in [3.8, 4) is 17.1 Å². The summed E-state index contributed by atoms with van der Waals surface area (Å²) in [6.07, 6.45) is 0. The molecular formula is C15H13BrN2O. The van der Waals surface area contributed by atoms with Crippen molar-refractivity contribution in [1.82, 2.24) is 9.97 Å². The van der Waals surface area contributed by atoms with E-state index in [4.69, 9.17) is 4.74 Å². The zero-order valence-corrected chi connectivity index (χ0v) is 12.3. The van der Waals surface area contributed by atoms with E-state index in [1.54, 1.807) is 7.11 Å². The van der Waals surface area contributed by atoms with Gasteiger partial charge in [0.15, 0.2) is 0 Å². The number of fused-ring (bicyclic) bond motifs is 1. The van der Waals surface area contributed by atoms with Crippen molar-refractivity contribution < 1.29 is 4.74 Å². The smallest absolute Gasteiger partial charge is 0.138 e. The molecule has 0 bridgehead atoms. The van der Waals surface area contributed by atoms with Gasteiger partial charge in [-0.25, -0.2) is 4.98 Å². The van der Waals surface area contributed by atoms with Crippen LogP contribution in [0, 0.1) is 6.92 Å². The number of nitrogens with zero attached hydrogens (tertiary/aromatic N) is 1. The van der Waals surface area contributed by atoms with Crippen molar-refractivity contribution in [3.63, 3.8) is 0 Å². The second-order valence-corrected chi connectivity index (χ2v) is 5.29. The second-order valence-electron chi connectivity index (χ2n) is 4.43. The molecule has 1 aromatic heterocycles. The molecule has 96 valence electrons. The quantitative estimate of drug-likeness (QED) is 0.765. The summed E-state index contributed by atoms with van der Waals surface area (Å²) in [7, 11) is 1.66. The van der Waals surface area contributed by atoms with Gasteiger partial charge in [-0.1, -0.05) is 22.0 Å². The van der Waals surface area contributed by atoms with Crippen LogP contribution in [0.25, 0.3) is 22.4 Å². The first kappa shape index (κ1) is 12.2. The molecule has 0 saturated carbocycles. The number of ether oxygens (including phenoxy) is 1. The number of hydrogen-bond donors (Lipinski definition) is 1. The lowest BCUT2D eigenvalue weighted by Crippen LogP contribution is -1.82. The Hall–Kier alpha value is -1.81. The van der Waals surface area contributed by atoms with Gasteiger partial charge in [0.2, 0.25) is 0 Å². The Bertz CT molecular complexity index is 749. The Kier molecular flexibility index (Phi) is 3.03. The summed E-state index contributed by atoms with van der Waals surface area (Å²) in [4.78, 5) is 7.93. The van der Waals surface area contributed by atoms with E-state index in [1.165, 1.54) is 5.56 Å². The van der Waals surface area contributed by atoms with Crippen LogP contribution in [-0.4, -0.2) is 17.1 Å². The van der Waals surface area contributed by atoms with Crippen LogP contribution < -0.4 is 4.74 Å². The summed E-state index contributed by atoms with van der Waals surface area (Å²) < 4.78 is 6.32. The average Bonchev–Trinajstić information content (AvgIpc) is 2.84. The van der Waals surface area contributed by atoms with Crippen LogP contribution in [0.2, 0.25) is 0 Å². The predicted molar refractivity (Wildman–Crippen MR) is 80.5 cm³/mol. The number of aromatic amines is 1. The van der Waals surface area contributed by atoms with E-state index in [1.807, 2.05) is 30.3 Å². The minimum atomic E-state index is 0.828. The molecule has 4 heteroatoms. The van der Waals surface area contributed by atoms with E-state index >= 15 is 0 Å². The number of halogens is 1. The second kappa shape index (κ2) is 4.70. The fourth-order valence-corrected chi connectivity index (χ4v) is 2.29. The highest BCUT2D eigenvalue weighted by Gasteiger charge is 2.07. The molecule has 3 nitrogen and oxygen atoms in total. The number of H-pyrrole nitrogens is 1. The molecule has 0 amide bonds. The molecule has 1 heterocycles. The van der Waals surface area contributed by atoms with Gasteiger partial charge in [-0.15, -0.1) is 0 Å². The van der Waals surface area contributed by atoms with Gasteiger partial charge in [-0.05, 0) is 36.8 Å². The standard InChI is InChI=1S/C15H13BrN2O/c1-9-7-10(3-5-12(9)16)15-17-13-6-4-11(19-2)8-14(13)18-15/h3-8H,1-2H3,(H,17,18). The predicted octanol–water partition coefficient (Wildman–Crippen LogP) is 4.31. The van der Waals surface area contributed by atoms with E-state index in [-0.39, 0.29) is 0 Å². The first-order chi connectivity index (χ1) is 9.17. The molecule has 0 aliphatic heterocycles. The van der Waals surface area contributed by atoms with Crippen molar-refractivity contribution in [2.75, 3.05) is 7.11 Å². The van der Waals surface area contributed by atoms with Gasteiger partial charge < -0.3 is 9.72 Å². The van der Waals surface area contributed by atoms with E-state index in [2.05, 4.69) is 38.9 Å². The van der Waals surface area contributed by atoms with Crippen molar-refractivity contribution in [3.05, 3.63) is 46.4 Å². The van der Waals surface area contributed by atoms with E-state index < -0.39 is 0 Å². The third kappa shape index (κ3) is 2.24. The number of hydrogen-bond acceptors (Lipinski definition) is 2. The average molecular weight is 317 g/mol. The Morgan fingerprint density at radius 2 is 2.00 bits per heavy atom. The van der Waals surface area contributed by atoms with E-state index in [0.717, 1.165) is 32.6 Å². The van der Waals surface area contributed by atoms with Gasteiger partial charge in [-0.2, -0.15) is 0 Å². The monoisotopic (exact) mass is 316 g/mol. The Balaban J connectivity index is 2.11. The molecule has 19 heavy (non-hydrogen) atoms. The maximum Gasteiger partial charge on any atom is 0.138 e. The molecule has 3 aromatic rings. The first-order valence-electron chi connectivity index (χ1n) is 5.97. The highest BCUT2D eigenvalue weighted by atomic mass is 79.9. The normalized spacial score (nSPS) is 10.9. The maximum absolute atomic E-state index is 5.22. The lowest BCUT2D eigenvalue weighted by atomic mass is 10.1. The molecule has 0 saturated heterocycles. The molecule has 0 atom stereocenters. The number of nitrogens with one attached hydrogen (secondary N) is 1. The Labute approximate surface area is 119 Å². The molecule has 0 radical (unpaired) electrons. The molecular weight excluding hydrogens is 304 g/mol. The van der Waals surface area contributed by atoms with E-state index in [9.17, 15) is 0 Å². The number of benzene rings is 2. The van der Waals surface area contributed by atoms with Crippen LogP contribution in [0.4, 0.5) is 0 Å². The highest BCUT2D eigenvalue weighted by Crippen LogP contribution is 2.26. The van der Waals surface area contributed by atoms with Gasteiger partial charge >= 0.3 is 0 Å². The van der Waals surface area contributed by atoms with Gasteiger partial charge in [0.1, 0.15) is 11.6 Å². The van der Waals surface area contributed by atoms with Crippen LogP contribution in [0.5, 0.6) is 5.75 Å². The van der Waals surface area contributed by atoms with Crippen LogP contribution in [0.3, 0.4) is 0 Å². The van der Waals surface area contributed by atoms with Gasteiger partial charge in [-0.3, -0.25) is 0 Å². The third-order valence-corrected chi connectivity index (χ3v) is 4.01. The van der Waals surface area contributed by atoms with Crippen LogP contribution in [0.1, 0.15) is 5.56 Å². The number of aromatic nitrogens is 2. The maximum atomic E-state index is 5.22. The van der Waals surface area contributed by atoms with Gasteiger partial charge in [0.05, 0.1) is 18.1 Å². The van der Waals surface area contributed by atoms with Crippen molar-refractivity contribution >= 4 is 27.0 Å². The molecule has 0 aliphatic carbocycles. The molecule has 1 N–H and O–H groups in total. The Morgan fingerprint density at radius 3 is 2.74 bits per heavy atom. The number of imidazole rings is 1. The third-order valence-electron chi connectivity index (χ3n) is 3.12. The highest BCUT2D eigenvalue weighted by molar-refractivity contribution is 9.10. The number of rotatable bonds is 2. The summed E-state index contributed by atoms with van der Waals surface area (Å²) in [6, 6.07) is 12.0. The summed E-state index contributed by atoms with van der Waals surface area (Å²) in [5.74, 6) is 1.70. The Morgan fingerprint density at radius 1 is 1.16 bits per heavy atom. The van der Waals surface area contributed by atoms with Crippen LogP contribution >= 0.6 is 15.9 Å². The lowest BCUT2D eigenvalue weighted by molar-refractivity contribution is 0.415.